The molecule has 1 aromatic carbocycles. The molecule has 1 aliphatic heterocycles. The zero-order valence-electron chi connectivity index (χ0n) is 18.3. The van der Waals surface area contributed by atoms with Gasteiger partial charge in [0.15, 0.2) is 0 Å². The lowest BCUT2D eigenvalue weighted by Crippen LogP contribution is -2.34. The van der Waals surface area contributed by atoms with Crippen LogP contribution in [0.5, 0.6) is 0 Å². The van der Waals surface area contributed by atoms with Crippen LogP contribution in [0.3, 0.4) is 0 Å². The first-order chi connectivity index (χ1) is 15.0. The topological polar surface area (TPSA) is 89.6 Å². The highest BCUT2D eigenvalue weighted by Crippen LogP contribution is 2.18. The molecule has 8 heteroatoms. The molecule has 0 spiro atoms. The second-order valence-electron chi connectivity index (χ2n) is 8.06. The van der Waals surface area contributed by atoms with Crippen LogP contribution in [0.2, 0.25) is 0 Å². The number of amides is 4. The molecular formula is C23H31N5O3. The van der Waals surface area contributed by atoms with E-state index in [0.717, 1.165) is 42.6 Å². The molecular weight excluding hydrogens is 394 g/mol. The zero-order valence-corrected chi connectivity index (χ0v) is 18.3. The summed E-state index contributed by atoms with van der Waals surface area (Å²) in [6.07, 6.45) is 4.77. The number of carbonyl (C=O) groups excluding carboxylic acids is 3. The highest BCUT2D eigenvalue weighted by Gasteiger charge is 2.32. The number of carbonyl (C=O) groups is 3. The molecule has 0 saturated carbocycles. The smallest absolute Gasteiger partial charge is 0.326 e. The number of H-pyrrole nitrogens is 1. The quantitative estimate of drug-likeness (QED) is 0.443. The summed E-state index contributed by atoms with van der Waals surface area (Å²) in [7, 11) is 3.41. The second-order valence-corrected chi connectivity index (χ2v) is 8.06. The largest absolute Gasteiger partial charge is 0.346 e. The number of rotatable bonds is 11. The first-order valence-electron chi connectivity index (χ1n) is 10.8. The molecule has 166 valence electrons. The van der Waals surface area contributed by atoms with Gasteiger partial charge in [0.1, 0.15) is 6.54 Å². The minimum Gasteiger partial charge on any atom is -0.346 e. The minimum atomic E-state index is -0.279. The number of hydrogen-bond acceptors (Lipinski definition) is 4. The molecule has 0 bridgehead atoms. The number of aryl methyl sites for hydroxylation is 1. The van der Waals surface area contributed by atoms with Crippen LogP contribution in [0.15, 0.2) is 36.4 Å². The first kappa shape index (κ1) is 22.5. The van der Waals surface area contributed by atoms with Crippen molar-refractivity contribution < 1.29 is 14.4 Å². The molecule has 0 radical (unpaired) electrons. The lowest BCUT2D eigenvalue weighted by molar-refractivity contribution is -0.131. The van der Waals surface area contributed by atoms with E-state index in [1.165, 1.54) is 9.80 Å². The summed E-state index contributed by atoms with van der Waals surface area (Å²) in [6, 6.07) is 11.9. The summed E-state index contributed by atoms with van der Waals surface area (Å²) in [5, 5.41) is 7.49. The number of aromatic nitrogens is 2. The maximum absolute atomic E-state index is 12.3. The van der Waals surface area contributed by atoms with Crippen molar-refractivity contribution in [1.82, 2.24) is 24.9 Å². The van der Waals surface area contributed by atoms with Gasteiger partial charge in [-0.05, 0) is 31.7 Å². The Labute approximate surface area is 183 Å². The van der Waals surface area contributed by atoms with Gasteiger partial charge in [-0.25, -0.2) is 4.79 Å². The predicted molar refractivity (Wildman–Crippen MR) is 118 cm³/mol. The molecule has 1 fully saturated rings. The van der Waals surface area contributed by atoms with E-state index >= 15 is 0 Å². The van der Waals surface area contributed by atoms with Crippen LogP contribution < -0.4 is 0 Å². The number of benzene rings is 1. The number of unbranched alkanes of at least 4 members (excludes halogenated alkanes) is 2. The number of imide groups is 1. The minimum absolute atomic E-state index is 0.0496. The van der Waals surface area contributed by atoms with Crippen molar-refractivity contribution in [3.05, 3.63) is 42.1 Å². The van der Waals surface area contributed by atoms with Gasteiger partial charge in [0, 0.05) is 44.9 Å². The molecule has 2 aromatic rings. The van der Waals surface area contributed by atoms with Crippen LogP contribution in [0.1, 0.15) is 37.8 Å². The molecule has 0 aliphatic carbocycles. The van der Waals surface area contributed by atoms with Gasteiger partial charge >= 0.3 is 6.03 Å². The van der Waals surface area contributed by atoms with Crippen molar-refractivity contribution in [3.8, 4) is 11.3 Å². The third kappa shape index (κ3) is 6.16. The molecule has 1 aliphatic rings. The number of urea groups is 1. The molecule has 0 unspecified atom stereocenters. The van der Waals surface area contributed by atoms with Crippen LogP contribution in [-0.2, 0) is 16.0 Å². The fourth-order valence-corrected chi connectivity index (χ4v) is 3.68. The van der Waals surface area contributed by atoms with Gasteiger partial charge in [-0.2, -0.15) is 5.10 Å². The van der Waals surface area contributed by atoms with E-state index in [9.17, 15) is 14.4 Å². The van der Waals surface area contributed by atoms with E-state index in [1.54, 1.807) is 11.9 Å². The van der Waals surface area contributed by atoms with Crippen LogP contribution in [0, 0.1) is 0 Å². The number of aromatic amines is 1. The van der Waals surface area contributed by atoms with Crippen molar-refractivity contribution in [2.75, 3.05) is 33.7 Å². The molecule has 0 atom stereocenters. The summed E-state index contributed by atoms with van der Waals surface area (Å²) in [5.74, 6) is -0.144. The molecule has 4 amide bonds. The predicted octanol–water partition coefficient (Wildman–Crippen LogP) is 2.92. The van der Waals surface area contributed by atoms with Crippen molar-refractivity contribution in [1.29, 1.82) is 0 Å². The molecule has 1 saturated heterocycles. The number of likely N-dealkylation sites (N-methyl/N-ethyl adjacent to an activating group) is 1. The lowest BCUT2D eigenvalue weighted by atomic mass is 10.1. The van der Waals surface area contributed by atoms with E-state index in [0.29, 0.717) is 25.9 Å². The van der Waals surface area contributed by atoms with E-state index in [4.69, 9.17) is 0 Å². The third-order valence-electron chi connectivity index (χ3n) is 5.57. The van der Waals surface area contributed by atoms with Crippen LogP contribution in [0.4, 0.5) is 4.79 Å². The zero-order chi connectivity index (χ0) is 22.2. The van der Waals surface area contributed by atoms with Gasteiger partial charge in [-0.15, -0.1) is 0 Å². The summed E-state index contributed by atoms with van der Waals surface area (Å²) >= 11 is 0. The van der Waals surface area contributed by atoms with E-state index in [-0.39, 0.29) is 24.4 Å². The summed E-state index contributed by atoms with van der Waals surface area (Å²) in [4.78, 5) is 40.2. The van der Waals surface area contributed by atoms with E-state index in [1.807, 2.05) is 37.4 Å². The Bertz CT molecular complexity index is 896. The van der Waals surface area contributed by atoms with Gasteiger partial charge in [0.25, 0.3) is 0 Å². The molecule has 3 rings (SSSR count). The summed E-state index contributed by atoms with van der Waals surface area (Å²) in [5.41, 5.74) is 3.19. The number of hydrogen-bond donors (Lipinski definition) is 1. The third-order valence-corrected chi connectivity index (χ3v) is 5.57. The Hall–Kier alpha value is -3.16. The van der Waals surface area contributed by atoms with E-state index in [2.05, 4.69) is 16.3 Å². The first-order valence-corrected chi connectivity index (χ1v) is 10.8. The van der Waals surface area contributed by atoms with Gasteiger partial charge in [0.05, 0.1) is 5.69 Å². The van der Waals surface area contributed by atoms with Crippen LogP contribution in [-0.4, -0.2) is 76.5 Å². The maximum Gasteiger partial charge on any atom is 0.326 e. The molecule has 2 heterocycles. The maximum atomic E-state index is 12.3. The van der Waals surface area contributed by atoms with Crippen molar-refractivity contribution in [2.45, 2.75) is 38.5 Å². The van der Waals surface area contributed by atoms with Gasteiger partial charge < -0.3 is 9.80 Å². The molecule has 31 heavy (non-hydrogen) atoms. The van der Waals surface area contributed by atoms with Crippen molar-refractivity contribution in [3.63, 3.8) is 0 Å². The monoisotopic (exact) mass is 425 g/mol. The Morgan fingerprint density at radius 1 is 1.13 bits per heavy atom. The fraction of sp³-hybridized carbons (Fsp3) is 0.478. The number of nitrogens with one attached hydrogen (secondary N) is 1. The van der Waals surface area contributed by atoms with Gasteiger partial charge in [0.2, 0.25) is 11.8 Å². The average Bonchev–Trinajstić information content (AvgIpc) is 3.33. The summed E-state index contributed by atoms with van der Waals surface area (Å²) in [6.45, 7) is 1.14. The Kier molecular flexibility index (Phi) is 7.81. The lowest BCUT2D eigenvalue weighted by Gasteiger charge is -2.18. The highest BCUT2D eigenvalue weighted by atomic mass is 16.2. The molecule has 8 nitrogen and oxygen atoms in total. The van der Waals surface area contributed by atoms with E-state index < -0.39 is 0 Å². The van der Waals surface area contributed by atoms with Gasteiger partial charge in [-0.3, -0.25) is 19.6 Å². The highest BCUT2D eigenvalue weighted by molar-refractivity contribution is 6.01. The normalized spacial score (nSPS) is 13.9. The van der Waals surface area contributed by atoms with Crippen LogP contribution in [0.25, 0.3) is 11.3 Å². The number of nitrogens with zero attached hydrogens (tertiary/aromatic N) is 4. The second kappa shape index (κ2) is 10.7. The van der Waals surface area contributed by atoms with Crippen molar-refractivity contribution >= 4 is 17.8 Å². The van der Waals surface area contributed by atoms with Gasteiger partial charge in [-0.1, -0.05) is 36.8 Å². The standard InChI is InChI=1S/C23H31N5O3/c1-26(21(29)13-9-15-28-22(30)17-27(2)23(28)31)14-8-4-7-12-19-16-20(25-24-19)18-10-5-3-6-11-18/h3,5-6,10-11,16H,4,7-9,12-15,17H2,1-2H3,(H,24,25). The SMILES string of the molecule is CN(CCCCCc1cc(-c2ccccc2)n[nH]1)C(=O)CCCN1C(=O)CN(C)C1=O. The van der Waals surface area contributed by atoms with Crippen LogP contribution >= 0.6 is 0 Å². The van der Waals surface area contributed by atoms with Crippen molar-refractivity contribution in [2.24, 2.45) is 0 Å². The average molecular weight is 426 g/mol. The Morgan fingerprint density at radius 3 is 2.61 bits per heavy atom. The fourth-order valence-electron chi connectivity index (χ4n) is 3.68. The molecule has 1 N–H and O–H groups in total. The molecule has 1 aromatic heterocycles. The Balaban J connectivity index is 1.28. The summed E-state index contributed by atoms with van der Waals surface area (Å²) < 4.78 is 0. The Morgan fingerprint density at radius 2 is 1.90 bits per heavy atom.